The van der Waals surface area contributed by atoms with Crippen molar-refractivity contribution >= 4 is 11.7 Å². The van der Waals surface area contributed by atoms with Crippen LogP contribution in [-0.2, 0) is 11.2 Å². The van der Waals surface area contributed by atoms with Crippen LogP contribution in [0.4, 0.5) is 5.82 Å². The Kier molecular flexibility index (Phi) is 8.23. The molecule has 1 aliphatic heterocycles. The molecule has 24 heavy (non-hydrogen) atoms. The van der Waals surface area contributed by atoms with Crippen LogP contribution in [0.1, 0.15) is 77.2 Å². The minimum Gasteiger partial charge on any atom is -0.273 e. The molecule has 4 heteroatoms. The van der Waals surface area contributed by atoms with Crippen molar-refractivity contribution in [3.05, 3.63) is 23.9 Å². The van der Waals surface area contributed by atoms with Gasteiger partial charge in [-0.1, -0.05) is 58.4 Å². The van der Waals surface area contributed by atoms with E-state index in [2.05, 4.69) is 29.9 Å². The Bertz CT molecular complexity index is 491. The maximum absolute atomic E-state index is 12.6. The molecule has 0 N–H and O–H groups in total. The molecule has 0 saturated carbocycles. The van der Waals surface area contributed by atoms with E-state index >= 15 is 0 Å². The second-order valence-electron chi connectivity index (χ2n) is 6.77. The van der Waals surface area contributed by atoms with Crippen LogP contribution < -0.4 is 5.01 Å². The molecule has 0 aliphatic carbocycles. The van der Waals surface area contributed by atoms with E-state index in [4.69, 9.17) is 0 Å². The zero-order valence-corrected chi connectivity index (χ0v) is 15.5. The normalized spacial score (nSPS) is 14.3. The van der Waals surface area contributed by atoms with Crippen LogP contribution >= 0.6 is 0 Å². The number of rotatable bonds is 11. The Morgan fingerprint density at radius 1 is 1.00 bits per heavy atom. The van der Waals surface area contributed by atoms with Gasteiger partial charge in [0.05, 0.1) is 0 Å². The SMILES string of the molecule is CCCCCCN(CCCCCC)N1C(=O)CCc2cccnc21. The lowest BCUT2D eigenvalue weighted by Gasteiger charge is -2.37. The molecule has 0 atom stereocenters. The Hall–Kier alpha value is -1.42. The molecule has 134 valence electrons. The van der Waals surface area contributed by atoms with Crippen LogP contribution in [0.25, 0.3) is 0 Å². The summed E-state index contributed by atoms with van der Waals surface area (Å²) in [4.78, 5) is 17.1. The van der Waals surface area contributed by atoms with Crippen molar-refractivity contribution in [2.75, 3.05) is 18.1 Å². The van der Waals surface area contributed by atoms with Gasteiger partial charge in [0.1, 0.15) is 0 Å². The zero-order valence-electron chi connectivity index (χ0n) is 15.5. The van der Waals surface area contributed by atoms with Gasteiger partial charge in [0, 0.05) is 25.7 Å². The number of unbranched alkanes of at least 4 members (excludes halogenated alkanes) is 6. The van der Waals surface area contributed by atoms with Gasteiger partial charge in [-0.3, -0.25) is 4.79 Å². The molecule has 0 fully saturated rings. The van der Waals surface area contributed by atoms with Crippen molar-refractivity contribution in [3.63, 3.8) is 0 Å². The number of nitrogens with zero attached hydrogens (tertiary/aromatic N) is 3. The fourth-order valence-electron chi connectivity index (χ4n) is 3.33. The van der Waals surface area contributed by atoms with Gasteiger partial charge >= 0.3 is 0 Å². The summed E-state index contributed by atoms with van der Waals surface area (Å²) in [7, 11) is 0. The first-order valence-electron chi connectivity index (χ1n) is 9.79. The third-order valence-electron chi connectivity index (χ3n) is 4.73. The van der Waals surface area contributed by atoms with Crippen molar-refractivity contribution in [1.82, 2.24) is 9.99 Å². The first-order valence-corrected chi connectivity index (χ1v) is 9.79. The molecule has 1 aromatic heterocycles. The van der Waals surface area contributed by atoms with Crippen molar-refractivity contribution < 1.29 is 4.79 Å². The number of anilines is 1. The second kappa shape index (κ2) is 10.4. The summed E-state index contributed by atoms with van der Waals surface area (Å²) < 4.78 is 0. The van der Waals surface area contributed by atoms with E-state index in [0.29, 0.717) is 6.42 Å². The van der Waals surface area contributed by atoms with Crippen molar-refractivity contribution in [2.24, 2.45) is 0 Å². The summed E-state index contributed by atoms with van der Waals surface area (Å²) in [6.45, 7) is 6.37. The Morgan fingerprint density at radius 3 is 2.29 bits per heavy atom. The number of aromatic nitrogens is 1. The number of carbonyl (C=O) groups excluding carboxylic acids is 1. The number of hydrazine groups is 1. The number of hydrogen-bond acceptors (Lipinski definition) is 3. The molecule has 2 heterocycles. The van der Waals surface area contributed by atoms with Crippen molar-refractivity contribution in [2.45, 2.75) is 78.1 Å². The molecular formula is C20H33N3O. The Balaban J connectivity index is 2.07. The molecule has 1 amide bonds. The van der Waals surface area contributed by atoms with Crippen LogP contribution in [0.15, 0.2) is 18.3 Å². The number of amides is 1. The minimum absolute atomic E-state index is 0.201. The fraction of sp³-hybridized carbons (Fsp3) is 0.700. The molecular weight excluding hydrogens is 298 g/mol. The summed E-state index contributed by atoms with van der Waals surface area (Å²) in [5.74, 6) is 1.06. The molecule has 1 aliphatic rings. The molecule has 0 radical (unpaired) electrons. The molecule has 0 unspecified atom stereocenters. The van der Waals surface area contributed by atoms with Crippen molar-refractivity contribution in [1.29, 1.82) is 0 Å². The van der Waals surface area contributed by atoms with E-state index in [-0.39, 0.29) is 5.91 Å². The third kappa shape index (κ3) is 5.30. The monoisotopic (exact) mass is 331 g/mol. The van der Waals surface area contributed by atoms with E-state index in [0.717, 1.165) is 38.2 Å². The van der Waals surface area contributed by atoms with E-state index in [1.807, 2.05) is 11.1 Å². The van der Waals surface area contributed by atoms with Crippen LogP contribution in [0.5, 0.6) is 0 Å². The number of carbonyl (C=O) groups is 1. The van der Waals surface area contributed by atoms with E-state index in [1.165, 1.54) is 44.1 Å². The lowest BCUT2D eigenvalue weighted by atomic mass is 10.1. The Morgan fingerprint density at radius 2 is 1.67 bits per heavy atom. The predicted octanol–water partition coefficient (Wildman–Crippen LogP) is 4.74. The van der Waals surface area contributed by atoms with Crippen LogP contribution in [0.3, 0.4) is 0 Å². The average Bonchev–Trinajstić information content (AvgIpc) is 2.61. The number of fused-ring (bicyclic) bond motifs is 1. The fourth-order valence-corrected chi connectivity index (χ4v) is 3.33. The molecule has 0 aromatic carbocycles. The number of aryl methyl sites for hydroxylation is 1. The molecule has 0 spiro atoms. The first kappa shape index (κ1) is 18.9. The molecule has 0 saturated heterocycles. The standard InChI is InChI=1S/C20H33N3O/c1-3-5-7-9-16-22(17-10-8-6-4-2)23-19(24)14-13-18-12-11-15-21-20(18)23/h11-12,15H,3-10,13-14,16-17H2,1-2H3. The topological polar surface area (TPSA) is 36.4 Å². The first-order chi connectivity index (χ1) is 11.8. The van der Waals surface area contributed by atoms with Crippen LogP contribution in [0.2, 0.25) is 0 Å². The quantitative estimate of drug-likeness (QED) is 0.550. The summed E-state index contributed by atoms with van der Waals surface area (Å²) >= 11 is 0. The largest absolute Gasteiger partial charge is 0.273 e. The second-order valence-corrected chi connectivity index (χ2v) is 6.77. The highest BCUT2D eigenvalue weighted by molar-refractivity contribution is 5.94. The maximum Gasteiger partial charge on any atom is 0.243 e. The van der Waals surface area contributed by atoms with Crippen molar-refractivity contribution in [3.8, 4) is 0 Å². The van der Waals surface area contributed by atoms with Crippen LogP contribution in [0, 0.1) is 0 Å². The van der Waals surface area contributed by atoms with E-state index in [9.17, 15) is 4.79 Å². The summed E-state index contributed by atoms with van der Waals surface area (Å²) in [6.07, 6.45) is 13.0. The van der Waals surface area contributed by atoms with Gasteiger partial charge in [0.2, 0.25) is 5.91 Å². The summed E-state index contributed by atoms with van der Waals surface area (Å²) in [5, 5.41) is 4.15. The van der Waals surface area contributed by atoms with Gasteiger partial charge in [-0.2, -0.15) is 0 Å². The Labute approximate surface area is 147 Å². The summed E-state index contributed by atoms with van der Waals surface area (Å²) in [5.41, 5.74) is 1.20. The van der Waals surface area contributed by atoms with Gasteiger partial charge in [-0.25, -0.2) is 15.0 Å². The molecule has 4 nitrogen and oxygen atoms in total. The molecule has 2 rings (SSSR count). The van der Waals surface area contributed by atoms with Crippen LogP contribution in [-0.4, -0.2) is 29.0 Å². The van der Waals surface area contributed by atoms with Gasteiger partial charge in [0.25, 0.3) is 0 Å². The predicted molar refractivity (Wildman–Crippen MR) is 99.9 cm³/mol. The van der Waals surface area contributed by atoms with E-state index in [1.54, 1.807) is 6.20 Å². The smallest absolute Gasteiger partial charge is 0.243 e. The van der Waals surface area contributed by atoms with Gasteiger partial charge in [0.15, 0.2) is 5.82 Å². The summed E-state index contributed by atoms with van der Waals surface area (Å²) in [6, 6.07) is 4.08. The third-order valence-corrected chi connectivity index (χ3v) is 4.73. The average molecular weight is 332 g/mol. The lowest BCUT2D eigenvalue weighted by molar-refractivity contribution is -0.122. The molecule has 1 aromatic rings. The number of hydrogen-bond donors (Lipinski definition) is 0. The highest BCUT2D eigenvalue weighted by atomic mass is 16.2. The molecule has 0 bridgehead atoms. The van der Waals surface area contributed by atoms with Gasteiger partial charge < -0.3 is 0 Å². The number of pyridine rings is 1. The van der Waals surface area contributed by atoms with Gasteiger partial charge in [-0.05, 0) is 30.9 Å². The van der Waals surface area contributed by atoms with Gasteiger partial charge in [-0.15, -0.1) is 0 Å². The highest BCUT2D eigenvalue weighted by Crippen LogP contribution is 2.27. The maximum atomic E-state index is 12.6. The lowest BCUT2D eigenvalue weighted by Crippen LogP contribution is -2.50. The highest BCUT2D eigenvalue weighted by Gasteiger charge is 2.29. The zero-order chi connectivity index (χ0) is 17.2. The van der Waals surface area contributed by atoms with E-state index < -0.39 is 0 Å². The minimum atomic E-state index is 0.201.